The van der Waals surface area contributed by atoms with E-state index in [9.17, 15) is 4.79 Å². The lowest BCUT2D eigenvalue weighted by molar-refractivity contribution is 0.0929. The molecule has 1 amide bonds. The van der Waals surface area contributed by atoms with E-state index in [0.29, 0.717) is 28.4 Å². The summed E-state index contributed by atoms with van der Waals surface area (Å²) < 4.78 is 21.4. The summed E-state index contributed by atoms with van der Waals surface area (Å²) in [5, 5.41) is 4.82. The van der Waals surface area contributed by atoms with Crippen LogP contribution < -0.4 is 19.6 Å². The third-order valence-corrected chi connectivity index (χ3v) is 3.75. The van der Waals surface area contributed by atoms with Crippen LogP contribution in [0.2, 0.25) is 0 Å². The summed E-state index contributed by atoms with van der Waals surface area (Å²) >= 11 is 0. The SMILES string of the molecule is COc1ccc(/C=N/NC(=O)c2cc3ccccc3o2)c(OC)c1OC. The van der Waals surface area contributed by atoms with Crippen LogP contribution in [0.3, 0.4) is 0 Å². The molecule has 0 spiro atoms. The van der Waals surface area contributed by atoms with Crippen LogP contribution in [0.5, 0.6) is 17.2 Å². The predicted molar refractivity (Wildman–Crippen MR) is 97.4 cm³/mol. The van der Waals surface area contributed by atoms with Crippen molar-refractivity contribution in [3.05, 3.63) is 53.8 Å². The number of carbonyl (C=O) groups excluding carboxylic acids is 1. The minimum absolute atomic E-state index is 0.183. The summed E-state index contributed by atoms with van der Waals surface area (Å²) in [5.74, 6) is 1.17. The van der Waals surface area contributed by atoms with Crippen LogP contribution >= 0.6 is 0 Å². The summed E-state index contributed by atoms with van der Waals surface area (Å²) in [7, 11) is 4.57. The van der Waals surface area contributed by atoms with Crippen molar-refractivity contribution in [2.45, 2.75) is 0 Å². The number of para-hydroxylation sites is 1. The van der Waals surface area contributed by atoms with E-state index in [1.807, 2.05) is 18.2 Å². The fraction of sp³-hybridized carbons (Fsp3) is 0.158. The maximum atomic E-state index is 12.2. The summed E-state index contributed by atoms with van der Waals surface area (Å²) in [4.78, 5) is 12.2. The molecule has 1 heterocycles. The number of fused-ring (bicyclic) bond motifs is 1. The molecule has 0 aliphatic carbocycles. The molecule has 7 nitrogen and oxygen atoms in total. The standard InChI is InChI=1S/C19H18N2O5/c1-23-15-9-8-13(17(24-2)18(15)25-3)11-20-21-19(22)16-10-12-6-4-5-7-14(12)26-16/h4-11H,1-3H3,(H,21,22)/b20-11+. The highest BCUT2D eigenvalue weighted by Crippen LogP contribution is 2.38. The number of ether oxygens (including phenoxy) is 3. The number of rotatable bonds is 6. The normalized spacial score (nSPS) is 10.9. The van der Waals surface area contributed by atoms with Gasteiger partial charge in [0.1, 0.15) is 5.58 Å². The molecule has 2 aromatic carbocycles. The number of furan rings is 1. The first-order chi connectivity index (χ1) is 12.7. The van der Waals surface area contributed by atoms with Crippen molar-refractivity contribution in [2.75, 3.05) is 21.3 Å². The summed E-state index contributed by atoms with van der Waals surface area (Å²) in [6, 6.07) is 12.5. The second-order valence-electron chi connectivity index (χ2n) is 5.27. The third kappa shape index (κ3) is 3.32. The van der Waals surface area contributed by atoms with Crippen molar-refractivity contribution < 1.29 is 23.4 Å². The number of nitrogens with one attached hydrogen (secondary N) is 1. The molecule has 134 valence electrons. The minimum Gasteiger partial charge on any atom is -0.493 e. The van der Waals surface area contributed by atoms with E-state index in [-0.39, 0.29) is 5.76 Å². The van der Waals surface area contributed by atoms with Gasteiger partial charge in [0.25, 0.3) is 0 Å². The maximum absolute atomic E-state index is 12.2. The van der Waals surface area contributed by atoms with E-state index in [2.05, 4.69) is 10.5 Å². The van der Waals surface area contributed by atoms with E-state index in [1.54, 1.807) is 31.4 Å². The van der Waals surface area contributed by atoms with E-state index < -0.39 is 5.91 Å². The third-order valence-electron chi connectivity index (χ3n) is 3.75. The number of hydrogen-bond acceptors (Lipinski definition) is 6. The molecule has 0 aliphatic rings. The van der Waals surface area contributed by atoms with Crippen molar-refractivity contribution in [3.63, 3.8) is 0 Å². The Morgan fingerprint density at radius 1 is 1.04 bits per heavy atom. The lowest BCUT2D eigenvalue weighted by Crippen LogP contribution is -2.16. The Kier molecular flexibility index (Phi) is 5.07. The molecule has 1 aromatic heterocycles. The number of carbonyl (C=O) groups is 1. The van der Waals surface area contributed by atoms with Gasteiger partial charge in [-0.3, -0.25) is 4.79 Å². The highest BCUT2D eigenvalue weighted by atomic mass is 16.5. The van der Waals surface area contributed by atoms with E-state index in [1.165, 1.54) is 20.4 Å². The molecule has 0 saturated heterocycles. The van der Waals surface area contributed by atoms with Crippen LogP contribution in [0.4, 0.5) is 0 Å². The lowest BCUT2D eigenvalue weighted by atomic mass is 10.2. The summed E-state index contributed by atoms with van der Waals surface area (Å²) in [5.41, 5.74) is 3.70. The number of benzene rings is 2. The highest BCUT2D eigenvalue weighted by Gasteiger charge is 2.15. The first-order valence-corrected chi connectivity index (χ1v) is 7.79. The van der Waals surface area contributed by atoms with E-state index in [4.69, 9.17) is 18.6 Å². The fourth-order valence-corrected chi connectivity index (χ4v) is 2.54. The molecule has 3 aromatic rings. The molecule has 0 bridgehead atoms. The first-order valence-electron chi connectivity index (χ1n) is 7.79. The molecule has 1 N–H and O–H groups in total. The number of hydrazone groups is 1. The Morgan fingerprint density at radius 3 is 2.50 bits per heavy atom. The smallest absolute Gasteiger partial charge is 0.307 e. The van der Waals surface area contributed by atoms with Crippen LogP contribution in [-0.4, -0.2) is 33.5 Å². The monoisotopic (exact) mass is 354 g/mol. The Hall–Kier alpha value is -3.48. The molecule has 7 heteroatoms. The zero-order chi connectivity index (χ0) is 18.5. The number of hydrogen-bond donors (Lipinski definition) is 1. The molecular weight excluding hydrogens is 336 g/mol. The Morgan fingerprint density at radius 2 is 1.81 bits per heavy atom. The van der Waals surface area contributed by atoms with Crippen molar-refractivity contribution >= 4 is 23.1 Å². The van der Waals surface area contributed by atoms with Crippen LogP contribution in [0.1, 0.15) is 16.1 Å². The van der Waals surface area contributed by atoms with Gasteiger partial charge in [-0.2, -0.15) is 5.10 Å². The van der Waals surface area contributed by atoms with Crippen LogP contribution in [0.15, 0.2) is 52.0 Å². The zero-order valence-corrected chi connectivity index (χ0v) is 14.6. The largest absolute Gasteiger partial charge is 0.493 e. The van der Waals surface area contributed by atoms with Crippen molar-refractivity contribution in [2.24, 2.45) is 5.10 Å². The summed E-state index contributed by atoms with van der Waals surface area (Å²) in [6.07, 6.45) is 1.46. The van der Waals surface area contributed by atoms with Crippen LogP contribution in [0, 0.1) is 0 Å². The molecule has 0 saturated carbocycles. The molecular formula is C19H18N2O5. The molecule has 0 aliphatic heterocycles. The quantitative estimate of drug-likeness (QED) is 0.543. The van der Waals surface area contributed by atoms with Gasteiger partial charge in [-0.25, -0.2) is 5.43 Å². The Labute approximate surface area is 150 Å². The average Bonchev–Trinajstić information content (AvgIpc) is 3.11. The fourth-order valence-electron chi connectivity index (χ4n) is 2.54. The maximum Gasteiger partial charge on any atom is 0.307 e. The second-order valence-corrected chi connectivity index (χ2v) is 5.27. The Balaban J connectivity index is 1.78. The van der Waals surface area contributed by atoms with Gasteiger partial charge in [0.05, 0.1) is 27.5 Å². The topological polar surface area (TPSA) is 82.3 Å². The van der Waals surface area contributed by atoms with Crippen molar-refractivity contribution in [1.29, 1.82) is 0 Å². The first kappa shape index (κ1) is 17.3. The van der Waals surface area contributed by atoms with Crippen molar-refractivity contribution in [1.82, 2.24) is 5.43 Å². The van der Waals surface area contributed by atoms with Crippen molar-refractivity contribution in [3.8, 4) is 17.2 Å². The minimum atomic E-state index is -0.447. The van der Waals surface area contributed by atoms with Crippen LogP contribution in [-0.2, 0) is 0 Å². The number of amides is 1. The molecule has 0 unspecified atom stereocenters. The Bertz CT molecular complexity index is 929. The van der Waals surface area contributed by atoms with Gasteiger partial charge in [-0.1, -0.05) is 18.2 Å². The molecule has 0 fully saturated rings. The van der Waals surface area contributed by atoms with Gasteiger partial charge >= 0.3 is 5.91 Å². The number of methoxy groups -OCH3 is 3. The second kappa shape index (κ2) is 7.60. The molecule has 0 atom stereocenters. The van der Waals surface area contributed by atoms with Gasteiger partial charge < -0.3 is 18.6 Å². The average molecular weight is 354 g/mol. The lowest BCUT2D eigenvalue weighted by Gasteiger charge is -2.13. The highest BCUT2D eigenvalue weighted by molar-refractivity contribution is 5.96. The van der Waals surface area contributed by atoms with Gasteiger partial charge in [-0.05, 0) is 24.3 Å². The van der Waals surface area contributed by atoms with Gasteiger partial charge in [0.2, 0.25) is 5.75 Å². The van der Waals surface area contributed by atoms with E-state index in [0.717, 1.165) is 5.39 Å². The zero-order valence-electron chi connectivity index (χ0n) is 14.6. The molecule has 3 rings (SSSR count). The van der Waals surface area contributed by atoms with Crippen LogP contribution in [0.25, 0.3) is 11.0 Å². The summed E-state index contributed by atoms with van der Waals surface area (Å²) in [6.45, 7) is 0. The number of nitrogens with zero attached hydrogens (tertiary/aromatic N) is 1. The van der Waals surface area contributed by atoms with Gasteiger partial charge in [-0.15, -0.1) is 0 Å². The van der Waals surface area contributed by atoms with Gasteiger partial charge in [0, 0.05) is 10.9 Å². The molecule has 26 heavy (non-hydrogen) atoms. The van der Waals surface area contributed by atoms with Gasteiger partial charge in [0.15, 0.2) is 17.3 Å². The molecule has 0 radical (unpaired) electrons. The van der Waals surface area contributed by atoms with E-state index >= 15 is 0 Å². The predicted octanol–water partition coefficient (Wildman–Crippen LogP) is 3.22.